The van der Waals surface area contributed by atoms with Gasteiger partial charge >= 0.3 is 0 Å². The number of hydrogen-bond acceptors (Lipinski definition) is 5. The van der Waals surface area contributed by atoms with Crippen molar-refractivity contribution in [1.82, 2.24) is 5.32 Å². The van der Waals surface area contributed by atoms with E-state index in [2.05, 4.69) is 10.6 Å². The Morgan fingerprint density at radius 3 is 2.71 bits per heavy atom. The van der Waals surface area contributed by atoms with Crippen LogP contribution in [0.1, 0.15) is 19.3 Å². The zero-order chi connectivity index (χ0) is 17.4. The molecule has 1 fully saturated rings. The molecular formula is C17H25N3O4. The molecule has 7 heteroatoms. The highest BCUT2D eigenvalue weighted by Gasteiger charge is 2.26. The zero-order valence-corrected chi connectivity index (χ0v) is 13.9. The molecule has 4 N–H and O–H groups in total. The molecule has 1 aliphatic heterocycles. The van der Waals surface area contributed by atoms with E-state index in [1.54, 1.807) is 7.11 Å². The van der Waals surface area contributed by atoms with Gasteiger partial charge in [-0.1, -0.05) is 12.1 Å². The van der Waals surface area contributed by atoms with Gasteiger partial charge in [0.15, 0.2) is 0 Å². The van der Waals surface area contributed by atoms with Crippen molar-refractivity contribution in [3.63, 3.8) is 0 Å². The molecule has 0 radical (unpaired) electrons. The van der Waals surface area contributed by atoms with E-state index in [-0.39, 0.29) is 30.8 Å². The minimum Gasteiger partial charge on any atom is -0.495 e. The first kappa shape index (κ1) is 18.1. The number of ether oxygens (including phenoxy) is 2. The van der Waals surface area contributed by atoms with Crippen molar-refractivity contribution in [3.8, 4) is 5.75 Å². The summed E-state index contributed by atoms with van der Waals surface area (Å²) in [6.07, 6.45) is 1.78. The van der Waals surface area contributed by atoms with Gasteiger partial charge in [-0.25, -0.2) is 0 Å². The molecule has 1 aromatic carbocycles. The number of carbonyl (C=O) groups excluding carboxylic acids is 2. The topological polar surface area (TPSA) is 103 Å². The first-order valence-electron chi connectivity index (χ1n) is 8.12. The van der Waals surface area contributed by atoms with Crippen molar-refractivity contribution in [2.45, 2.75) is 25.3 Å². The van der Waals surface area contributed by atoms with Crippen molar-refractivity contribution in [1.29, 1.82) is 0 Å². The van der Waals surface area contributed by atoms with E-state index in [0.717, 1.165) is 18.5 Å². The molecule has 7 nitrogen and oxygen atoms in total. The van der Waals surface area contributed by atoms with E-state index in [4.69, 9.17) is 15.2 Å². The third-order valence-electron chi connectivity index (χ3n) is 4.15. The van der Waals surface area contributed by atoms with Gasteiger partial charge < -0.3 is 25.8 Å². The Labute approximate surface area is 141 Å². The summed E-state index contributed by atoms with van der Waals surface area (Å²) in [4.78, 5) is 23.6. The van der Waals surface area contributed by atoms with Gasteiger partial charge in [0.1, 0.15) is 5.75 Å². The van der Waals surface area contributed by atoms with Crippen LogP contribution in [-0.4, -0.2) is 44.7 Å². The van der Waals surface area contributed by atoms with E-state index in [1.165, 1.54) is 0 Å². The lowest BCUT2D eigenvalue weighted by molar-refractivity contribution is -0.122. The smallest absolute Gasteiger partial charge is 0.239 e. The highest BCUT2D eigenvalue weighted by molar-refractivity contribution is 5.82. The molecule has 0 saturated carbocycles. The predicted octanol–water partition coefficient (Wildman–Crippen LogP) is 0.894. The molecular weight excluding hydrogens is 310 g/mol. The van der Waals surface area contributed by atoms with Gasteiger partial charge in [0.2, 0.25) is 11.8 Å². The molecule has 2 amide bonds. The predicted molar refractivity (Wildman–Crippen MR) is 90.8 cm³/mol. The number of methoxy groups -OCH3 is 1. The normalized spacial score (nSPS) is 16.2. The van der Waals surface area contributed by atoms with Crippen LogP contribution in [0.15, 0.2) is 24.3 Å². The lowest BCUT2D eigenvalue weighted by atomic mass is 9.89. The second kappa shape index (κ2) is 9.12. The highest BCUT2D eigenvalue weighted by Crippen LogP contribution is 2.23. The van der Waals surface area contributed by atoms with Crippen molar-refractivity contribution in [2.75, 3.05) is 32.2 Å². The van der Waals surface area contributed by atoms with Gasteiger partial charge in [-0.3, -0.25) is 9.59 Å². The van der Waals surface area contributed by atoms with Gasteiger partial charge in [-0.15, -0.1) is 0 Å². The number of para-hydroxylation sites is 2. The van der Waals surface area contributed by atoms with Crippen LogP contribution in [-0.2, 0) is 14.3 Å². The fraction of sp³-hybridized carbons (Fsp3) is 0.529. The SMILES string of the molecule is COc1ccccc1NCC(=O)NC(CC(N)=O)C1CCOCC1. The molecule has 0 aromatic heterocycles. The lowest BCUT2D eigenvalue weighted by Gasteiger charge is -2.30. The minimum absolute atomic E-state index is 0.0961. The molecule has 0 aliphatic carbocycles. The Morgan fingerprint density at radius 2 is 2.04 bits per heavy atom. The first-order chi connectivity index (χ1) is 11.6. The molecule has 1 aliphatic rings. The maximum absolute atomic E-state index is 12.3. The largest absolute Gasteiger partial charge is 0.495 e. The summed E-state index contributed by atoms with van der Waals surface area (Å²) in [6.45, 7) is 1.39. The number of nitrogens with two attached hydrogens (primary N) is 1. The maximum Gasteiger partial charge on any atom is 0.239 e. The first-order valence-corrected chi connectivity index (χ1v) is 8.12. The van der Waals surface area contributed by atoms with Crippen LogP contribution < -0.4 is 21.1 Å². The van der Waals surface area contributed by atoms with Crippen molar-refractivity contribution < 1.29 is 19.1 Å². The minimum atomic E-state index is -0.413. The fourth-order valence-corrected chi connectivity index (χ4v) is 2.89. The molecule has 1 aromatic rings. The second-order valence-corrected chi connectivity index (χ2v) is 5.85. The Hall–Kier alpha value is -2.28. The molecule has 2 rings (SSSR count). The molecule has 1 atom stereocenters. The molecule has 24 heavy (non-hydrogen) atoms. The zero-order valence-electron chi connectivity index (χ0n) is 13.9. The number of benzene rings is 1. The van der Waals surface area contributed by atoms with Crippen LogP contribution in [0, 0.1) is 5.92 Å². The van der Waals surface area contributed by atoms with Crippen LogP contribution in [0.25, 0.3) is 0 Å². The van der Waals surface area contributed by atoms with Crippen LogP contribution >= 0.6 is 0 Å². The third kappa shape index (κ3) is 5.42. The van der Waals surface area contributed by atoms with Gasteiger partial charge in [-0.05, 0) is 30.9 Å². The number of anilines is 1. The molecule has 1 unspecified atom stereocenters. The standard InChI is InChI=1S/C17H25N3O4/c1-23-15-5-3-2-4-13(15)19-11-17(22)20-14(10-16(18)21)12-6-8-24-9-7-12/h2-5,12,14,19H,6-11H2,1H3,(H2,18,21)(H,20,22). The number of amides is 2. The monoisotopic (exact) mass is 335 g/mol. The summed E-state index contributed by atoms with van der Waals surface area (Å²) in [6, 6.07) is 7.13. The molecule has 1 heterocycles. The summed E-state index contributed by atoms with van der Waals surface area (Å²) in [5.41, 5.74) is 6.07. The summed E-state index contributed by atoms with van der Waals surface area (Å²) in [5, 5.41) is 5.97. The molecule has 0 bridgehead atoms. The Kier molecular flexibility index (Phi) is 6.87. The van der Waals surface area contributed by atoms with Gasteiger partial charge in [-0.2, -0.15) is 0 Å². The average Bonchev–Trinajstić information content (AvgIpc) is 2.60. The summed E-state index contributed by atoms with van der Waals surface area (Å²) >= 11 is 0. The van der Waals surface area contributed by atoms with Crippen LogP contribution in [0.4, 0.5) is 5.69 Å². The van der Waals surface area contributed by atoms with Crippen LogP contribution in [0.3, 0.4) is 0 Å². The number of primary amides is 1. The third-order valence-corrected chi connectivity index (χ3v) is 4.15. The average molecular weight is 335 g/mol. The van der Waals surface area contributed by atoms with Gasteiger partial charge in [0, 0.05) is 25.7 Å². The number of rotatable bonds is 8. The van der Waals surface area contributed by atoms with Gasteiger partial charge in [0.25, 0.3) is 0 Å². The summed E-state index contributed by atoms with van der Waals surface area (Å²) < 4.78 is 10.6. The molecule has 1 saturated heterocycles. The molecule has 132 valence electrons. The van der Waals surface area contributed by atoms with Crippen LogP contribution in [0.2, 0.25) is 0 Å². The van der Waals surface area contributed by atoms with E-state index < -0.39 is 5.91 Å². The number of nitrogens with one attached hydrogen (secondary N) is 2. The summed E-state index contributed by atoms with van der Waals surface area (Å²) in [5.74, 6) is 0.285. The highest BCUT2D eigenvalue weighted by atomic mass is 16.5. The number of hydrogen-bond donors (Lipinski definition) is 3. The quantitative estimate of drug-likeness (QED) is 0.655. The van der Waals surface area contributed by atoms with E-state index >= 15 is 0 Å². The maximum atomic E-state index is 12.3. The van der Waals surface area contributed by atoms with Crippen molar-refractivity contribution in [2.24, 2.45) is 11.7 Å². The van der Waals surface area contributed by atoms with Gasteiger partial charge in [0.05, 0.1) is 19.3 Å². The van der Waals surface area contributed by atoms with Crippen LogP contribution in [0.5, 0.6) is 5.75 Å². The second-order valence-electron chi connectivity index (χ2n) is 5.85. The van der Waals surface area contributed by atoms with E-state index in [0.29, 0.717) is 19.0 Å². The summed E-state index contributed by atoms with van der Waals surface area (Å²) in [7, 11) is 1.58. The fourth-order valence-electron chi connectivity index (χ4n) is 2.89. The Balaban J connectivity index is 1.90. The Morgan fingerprint density at radius 1 is 1.33 bits per heavy atom. The van der Waals surface area contributed by atoms with E-state index in [9.17, 15) is 9.59 Å². The van der Waals surface area contributed by atoms with Crippen molar-refractivity contribution >= 4 is 17.5 Å². The Bertz CT molecular complexity index is 559. The number of carbonyl (C=O) groups is 2. The lowest BCUT2D eigenvalue weighted by Crippen LogP contribution is -2.46. The molecule has 0 spiro atoms. The van der Waals surface area contributed by atoms with E-state index in [1.807, 2.05) is 24.3 Å². The van der Waals surface area contributed by atoms with Crippen molar-refractivity contribution in [3.05, 3.63) is 24.3 Å².